The Morgan fingerprint density at radius 2 is 1.95 bits per heavy atom. The van der Waals surface area contributed by atoms with Crippen molar-refractivity contribution < 1.29 is 4.52 Å². The third kappa shape index (κ3) is 3.57. The lowest BCUT2D eigenvalue weighted by Crippen LogP contribution is -2.10. The molecule has 0 aliphatic rings. The summed E-state index contributed by atoms with van der Waals surface area (Å²) in [6, 6.07) is 3.75. The molecule has 0 saturated carbocycles. The quantitative estimate of drug-likeness (QED) is 0.772. The molecule has 2 rings (SSSR count). The second-order valence-electron chi connectivity index (χ2n) is 5.60. The maximum absolute atomic E-state index is 6.02. The Kier molecular flexibility index (Phi) is 4.01. The highest BCUT2D eigenvalue weighted by atomic mass is 79.9. The second kappa shape index (κ2) is 5.25. The molecular weight excluding hydrogens is 374 g/mol. The predicted molar refractivity (Wildman–Crippen MR) is 82.7 cm³/mol. The molecule has 0 bridgehead atoms. The Morgan fingerprint density at radius 3 is 2.58 bits per heavy atom. The first kappa shape index (κ1) is 14.5. The van der Waals surface area contributed by atoms with Crippen molar-refractivity contribution in [3.8, 4) is 11.5 Å². The second-order valence-corrected chi connectivity index (χ2v) is 7.37. The van der Waals surface area contributed by atoms with Gasteiger partial charge in [0.1, 0.15) is 0 Å². The van der Waals surface area contributed by atoms with Gasteiger partial charge in [0.2, 0.25) is 0 Å². The average molecular weight is 389 g/mol. The van der Waals surface area contributed by atoms with Gasteiger partial charge < -0.3 is 10.3 Å². The van der Waals surface area contributed by atoms with Crippen molar-refractivity contribution in [1.29, 1.82) is 0 Å². The van der Waals surface area contributed by atoms with E-state index in [0.29, 0.717) is 17.4 Å². The minimum absolute atomic E-state index is 0.116. The lowest BCUT2D eigenvalue weighted by atomic mass is 9.92. The van der Waals surface area contributed by atoms with Gasteiger partial charge in [-0.25, -0.2) is 0 Å². The van der Waals surface area contributed by atoms with Gasteiger partial charge in [-0.2, -0.15) is 4.98 Å². The number of anilines is 1. The molecule has 0 aliphatic heterocycles. The van der Waals surface area contributed by atoms with Crippen LogP contribution in [0.15, 0.2) is 25.6 Å². The summed E-state index contributed by atoms with van der Waals surface area (Å²) >= 11 is 6.83. The lowest BCUT2D eigenvalue weighted by molar-refractivity contribution is 0.374. The normalized spacial score (nSPS) is 11.8. The van der Waals surface area contributed by atoms with Crippen molar-refractivity contribution in [2.24, 2.45) is 5.41 Å². The number of rotatable bonds is 2. The van der Waals surface area contributed by atoms with Gasteiger partial charge in [0.05, 0.1) is 11.3 Å². The van der Waals surface area contributed by atoms with Crippen LogP contribution < -0.4 is 5.73 Å². The molecule has 0 atom stereocenters. The lowest BCUT2D eigenvalue weighted by Gasteiger charge is -2.14. The molecule has 0 fully saturated rings. The highest BCUT2D eigenvalue weighted by Gasteiger charge is 2.18. The van der Waals surface area contributed by atoms with E-state index in [0.717, 1.165) is 20.9 Å². The zero-order chi connectivity index (χ0) is 14.2. The monoisotopic (exact) mass is 387 g/mol. The summed E-state index contributed by atoms with van der Waals surface area (Å²) in [6.45, 7) is 6.40. The van der Waals surface area contributed by atoms with E-state index in [4.69, 9.17) is 10.3 Å². The van der Waals surface area contributed by atoms with E-state index in [1.54, 1.807) is 0 Å². The molecule has 2 aromatic rings. The molecule has 1 aromatic carbocycles. The van der Waals surface area contributed by atoms with Gasteiger partial charge in [-0.1, -0.05) is 41.9 Å². The minimum atomic E-state index is 0.116. The van der Waals surface area contributed by atoms with Crippen LogP contribution in [0.5, 0.6) is 0 Å². The van der Waals surface area contributed by atoms with E-state index in [-0.39, 0.29) is 5.41 Å². The molecule has 102 valence electrons. The summed E-state index contributed by atoms with van der Waals surface area (Å²) < 4.78 is 7.01. The summed E-state index contributed by atoms with van der Waals surface area (Å²) in [5, 5.41) is 4.01. The van der Waals surface area contributed by atoms with E-state index < -0.39 is 0 Å². The van der Waals surface area contributed by atoms with Gasteiger partial charge in [-0.15, -0.1) is 0 Å². The fraction of sp³-hybridized carbons (Fsp3) is 0.385. The number of halogens is 2. The van der Waals surface area contributed by atoms with Crippen LogP contribution in [0.3, 0.4) is 0 Å². The molecule has 1 aromatic heterocycles. The first-order valence-electron chi connectivity index (χ1n) is 5.84. The molecule has 2 N–H and O–H groups in total. The van der Waals surface area contributed by atoms with Crippen LogP contribution >= 0.6 is 31.9 Å². The number of hydrogen-bond acceptors (Lipinski definition) is 4. The largest absolute Gasteiger partial charge is 0.397 e. The smallest absolute Gasteiger partial charge is 0.260 e. The third-order valence-electron chi connectivity index (χ3n) is 2.48. The fourth-order valence-electron chi connectivity index (χ4n) is 1.67. The Morgan fingerprint density at radius 1 is 1.26 bits per heavy atom. The molecule has 0 radical (unpaired) electrons. The SMILES string of the molecule is CC(C)(C)Cc1noc(-c2cc(Br)cc(Br)c2N)n1. The summed E-state index contributed by atoms with van der Waals surface area (Å²) in [5.41, 5.74) is 7.46. The van der Waals surface area contributed by atoms with E-state index in [2.05, 4.69) is 62.8 Å². The maximum Gasteiger partial charge on any atom is 0.260 e. The zero-order valence-corrected chi connectivity index (χ0v) is 14.2. The van der Waals surface area contributed by atoms with Crippen molar-refractivity contribution in [2.45, 2.75) is 27.2 Å². The molecule has 4 nitrogen and oxygen atoms in total. The topological polar surface area (TPSA) is 64.9 Å². The van der Waals surface area contributed by atoms with Crippen LogP contribution in [0.25, 0.3) is 11.5 Å². The van der Waals surface area contributed by atoms with Gasteiger partial charge in [-0.05, 0) is 33.5 Å². The predicted octanol–water partition coefficient (Wildman–Crippen LogP) is 4.43. The van der Waals surface area contributed by atoms with Crippen LogP contribution in [0, 0.1) is 5.41 Å². The summed E-state index contributed by atoms with van der Waals surface area (Å²) in [5.74, 6) is 1.14. The van der Waals surface area contributed by atoms with Crippen LogP contribution in [-0.4, -0.2) is 10.1 Å². The molecule has 0 saturated heterocycles. The van der Waals surface area contributed by atoms with Crippen molar-refractivity contribution in [3.05, 3.63) is 26.9 Å². The summed E-state index contributed by atoms with van der Waals surface area (Å²) in [4.78, 5) is 4.41. The van der Waals surface area contributed by atoms with Crippen LogP contribution in [-0.2, 0) is 6.42 Å². The molecule has 1 heterocycles. The molecule has 0 aliphatic carbocycles. The van der Waals surface area contributed by atoms with Gasteiger partial charge in [0.25, 0.3) is 5.89 Å². The first-order chi connectivity index (χ1) is 8.76. The molecule has 6 heteroatoms. The fourth-order valence-corrected chi connectivity index (χ4v) is 2.90. The number of aromatic nitrogens is 2. The van der Waals surface area contributed by atoms with E-state index >= 15 is 0 Å². The highest BCUT2D eigenvalue weighted by Crippen LogP contribution is 2.34. The van der Waals surface area contributed by atoms with E-state index in [9.17, 15) is 0 Å². The van der Waals surface area contributed by atoms with Crippen molar-refractivity contribution in [1.82, 2.24) is 10.1 Å². The maximum atomic E-state index is 6.02. The molecule has 0 amide bonds. The summed E-state index contributed by atoms with van der Waals surface area (Å²) in [7, 11) is 0. The minimum Gasteiger partial charge on any atom is -0.397 e. The van der Waals surface area contributed by atoms with Gasteiger partial charge >= 0.3 is 0 Å². The molecule has 0 unspecified atom stereocenters. The molecule has 0 spiro atoms. The van der Waals surface area contributed by atoms with Crippen LogP contribution in [0.4, 0.5) is 5.69 Å². The third-order valence-corrected chi connectivity index (χ3v) is 3.60. The van der Waals surface area contributed by atoms with E-state index in [1.165, 1.54) is 0 Å². The van der Waals surface area contributed by atoms with Gasteiger partial charge in [-0.3, -0.25) is 0 Å². The Bertz CT molecular complexity index is 602. The Labute approximate surface area is 129 Å². The Hall–Kier alpha value is -0.880. The van der Waals surface area contributed by atoms with Gasteiger partial charge in [0.15, 0.2) is 5.82 Å². The van der Waals surface area contributed by atoms with Crippen LogP contribution in [0.2, 0.25) is 0 Å². The molecular formula is C13H15Br2N3O. The van der Waals surface area contributed by atoms with Crippen LogP contribution in [0.1, 0.15) is 26.6 Å². The summed E-state index contributed by atoms with van der Waals surface area (Å²) in [6.07, 6.45) is 0.756. The van der Waals surface area contributed by atoms with Crippen molar-refractivity contribution >= 4 is 37.5 Å². The van der Waals surface area contributed by atoms with Crippen molar-refractivity contribution in [2.75, 3.05) is 5.73 Å². The Balaban J connectivity index is 2.38. The number of nitrogen functional groups attached to an aromatic ring is 1. The van der Waals surface area contributed by atoms with Crippen molar-refractivity contribution in [3.63, 3.8) is 0 Å². The number of nitrogens with two attached hydrogens (primary N) is 1. The van der Waals surface area contributed by atoms with E-state index in [1.807, 2.05) is 12.1 Å². The first-order valence-corrected chi connectivity index (χ1v) is 7.42. The standard InChI is InChI=1S/C13H15Br2N3O/c1-13(2,3)6-10-17-12(19-18-10)8-4-7(14)5-9(15)11(8)16/h4-5H,6,16H2,1-3H3. The average Bonchev–Trinajstić information content (AvgIpc) is 2.69. The highest BCUT2D eigenvalue weighted by molar-refractivity contribution is 9.11. The number of hydrogen-bond donors (Lipinski definition) is 1. The van der Waals surface area contributed by atoms with Gasteiger partial charge in [0, 0.05) is 15.4 Å². The number of benzene rings is 1. The zero-order valence-electron chi connectivity index (χ0n) is 11.0. The number of nitrogens with zero attached hydrogens (tertiary/aromatic N) is 2. The molecule has 19 heavy (non-hydrogen) atoms.